The van der Waals surface area contributed by atoms with Gasteiger partial charge in [0, 0.05) is 18.4 Å². The number of phenols is 1. The first-order valence-electron chi connectivity index (χ1n) is 7.20. The molecular weight excluding hydrogens is 340 g/mol. The lowest BCUT2D eigenvalue weighted by molar-refractivity contribution is 0.218. The fourth-order valence-corrected chi connectivity index (χ4v) is 3.16. The van der Waals surface area contributed by atoms with Crippen LogP contribution in [0.4, 0.5) is 5.82 Å². The molecule has 25 heavy (non-hydrogen) atoms. The Morgan fingerprint density at radius 1 is 1.24 bits per heavy atom. The zero-order chi connectivity index (χ0) is 18.4. The van der Waals surface area contributed by atoms with E-state index in [1.165, 1.54) is 24.9 Å². The van der Waals surface area contributed by atoms with Gasteiger partial charge in [-0.05, 0) is 17.7 Å². The number of hydrogen-bond donors (Lipinski definition) is 2. The molecule has 0 atom stereocenters. The topological polar surface area (TPSA) is 125 Å². The molecule has 0 fully saturated rings. The monoisotopic (exact) mass is 356 g/mol. The maximum atomic E-state index is 10.0. The summed E-state index contributed by atoms with van der Waals surface area (Å²) in [6.07, 6.45) is 0. The molecule has 1 aromatic carbocycles. The number of aromatic nitrogens is 1. The molecule has 2 rings (SSSR count). The van der Waals surface area contributed by atoms with E-state index in [9.17, 15) is 15.6 Å². The van der Waals surface area contributed by atoms with Gasteiger partial charge in [-0.1, -0.05) is 6.07 Å². The number of methoxy groups -OCH3 is 2. The lowest BCUT2D eigenvalue weighted by atomic mass is 9.96. The van der Waals surface area contributed by atoms with E-state index in [-0.39, 0.29) is 28.4 Å². The quantitative estimate of drug-likeness (QED) is 0.597. The Balaban J connectivity index is 2.68. The van der Waals surface area contributed by atoms with Crippen molar-refractivity contribution in [2.24, 2.45) is 0 Å². The molecule has 0 aliphatic carbocycles. The third-order valence-electron chi connectivity index (χ3n) is 3.41. The van der Waals surface area contributed by atoms with Crippen LogP contribution in [-0.4, -0.2) is 36.7 Å². The van der Waals surface area contributed by atoms with Crippen LogP contribution in [0.2, 0.25) is 0 Å². The largest absolute Gasteiger partial charge is 0.504 e. The van der Waals surface area contributed by atoms with Crippen molar-refractivity contribution in [3.8, 4) is 34.8 Å². The molecule has 128 valence electrons. The van der Waals surface area contributed by atoms with Crippen LogP contribution in [0, 0.1) is 22.7 Å². The Kier molecular flexibility index (Phi) is 6.07. The highest BCUT2D eigenvalue weighted by molar-refractivity contribution is 7.99. The molecule has 0 spiro atoms. The molecule has 1 heterocycles. The summed E-state index contributed by atoms with van der Waals surface area (Å²) in [6.45, 7) is 0.482. The maximum absolute atomic E-state index is 10.0. The minimum atomic E-state index is -0.100. The average molecular weight is 356 g/mol. The lowest BCUT2D eigenvalue weighted by Crippen LogP contribution is -2.04. The Hall–Kier alpha value is -2.94. The van der Waals surface area contributed by atoms with E-state index in [1.54, 1.807) is 19.2 Å². The number of aromatic hydroxyl groups is 1. The number of rotatable bonds is 6. The van der Waals surface area contributed by atoms with Crippen molar-refractivity contribution < 1.29 is 14.6 Å². The SMILES string of the molecule is COCCSc1nc(N)c(C#N)c(-c2ccc(OC)c(O)c2)c1C#N. The van der Waals surface area contributed by atoms with Crippen LogP contribution >= 0.6 is 11.8 Å². The molecule has 0 saturated heterocycles. The molecule has 0 bridgehead atoms. The smallest absolute Gasteiger partial charge is 0.160 e. The molecule has 0 unspecified atom stereocenters. The Labute approximate surface area is 149 Å². The second kappa shape index (κ2) is 8.25. The number of phenolic OH excluding ortho intramolecular Hbond substituents is 1. The first kappa shape index (κ1) is 18.4. The molecule has 7 nitrogen and oxygen atoms in total. The number of thioether (sulfide) groups is 1. The summed E-state index contributed by atoms with van der Waals surface area (Å²) in [4.78, 5) is 4.18. The molecule has 3 N–H and O–H groups in total. The summed E-state index contributed by atoms with van der Waals surface area (Å²) < 4.78 is 10.0. The first-order chi connectivity index (χ1) is 12.1. The average Bonchev–Trinajstić information content (AvgIpc) is 2.61. The number of nitrogen functional groups attached to an aromatic ring is 1. The van der Waals surface area contributed by atoms with E-state index in [0.717, 1.165) is 0 Å². The summed E-state index contributed by atoms with van der Waals surface area (Å²) in [5.74, 6) is 0.803. The molecule has 2 aromatic rings. The van der Waals surface area contributed by atoms with Crippen molar-refractivity contribution in [1.82, 2.24) is 4.98 Å². The highest BCUT2D eigenvalue weighted by Crippen LogP contribution is 2.38. The molecule has 1 aromatic heterocycles. The molecule has 0 aliphatic rings. The van der Waals surface area contributed by atoms with Crippen LogP contribution in [0.25, 0.3) is 11.1 Å². The summed E-state index contributed by atoms with van der Waals surface area (Å²) in [5, 5.41) is 29.5. The second-order valence-electron chi connectivity index (χ2n) is 4.88. The predicted octanol–water partition coefficient (Wildman–Crippen LogP) is 2.53. The summed E-state index contributed by atoms with van der Waals surface area (Å²) in [5.41, 5.74) is 7.07. The predicted molar refractivity (Wildman–Crippen MR) is 94.3 cm³/mol. The van der Waals surface area contributed by atoms with Crippen molar-refractivity contribution in [2.75, 3.05) is 32.3 Å². The normalized spacial score (nSPS) is 10.1. The minimum absolute atomic E-state index is 0.0340. The zero-order valence-corrected chi connectivity index (χ0v) is 14.6. The third-order valence-corrected chi connectivity index (χ3v) is 4.35. The minimum Gasteiger partial charge on any atom is -0.504 e. The van der Waals surface area contributed by atoms with Gasteiger partial charge in [-0.15, -0.1) is 11.8 Å². The number of ether oxygens (including phenoxy) is 2. The highest BCUT2D eigenvalue weighted by atomic mass is 32.2. The third kappa shape index (κ3) is 3.77. The highest BCUT2D eigenvalue weighted by Gasteiger charge is 2.21. The van der Waals surface area contributed by atoms with Crippen LogP contribution in [0.15, 0.2) is 23.2 Å². The van der Waals surface area contributed by atoms with Crippen LogP contribution in [0.3, 0.4) is 0 Å². The van der Waals surface area contributed by atoms with Crippen molar-refractivity contribution >= 4 is 17.6 Å². The number of nitriles is 2. The fourth-order valence-electron chi connectivity index (χ4n) is 2.26. The lowest BCUT2D eigenvalue weighted by Gasteiger charge is -2.14. The van der Waals surface area contributed by atoms with Gasteiger partial charge in [0.05, 0.1) is 19.3 Å². The maximum Gasteiger partial charge on any atom is 0.160 e. The van der Waals surface area contributed by atoms with Gasteiger partial charge < -0.3 is 20.3 Å². The Morgan fingerprint density at radius 2 is 1.96 bits per heavy atom. The van der Waals surface area contributed by atoms with Crippen molar-refractivity contribution in [3.05, 3.63) is 29.3 Å². The summed E-state index contributed by atoms with van der Waals surface area (Å²) >= 11 is 1.32. The number of pyridine rings is 1. The van der Waals surface area contributed by atoms with Gasteiger partial charge in [-0.2, -0.15) is 10.5 Å². The van der Waals surface area contributed by atoms with Crippen LogP contribution in [0.5, 0.6) is 11.5 Å². The number of nitrogens with zero attached hydrogens (tertiary/aromatic N) is 3. The van der Waals surface area contributed by atoms with Gasteiger partial charge in [0.15, 0.2) is 11.5 Å². The van der Waals surface area contributed by atoms with Crippen LogP contribution in [-0.2, 0) is 4.74 Å². The fraction of sp³-hybridized carbons (Fsp3) is 0.235. The number of nitrogens with two attached hydrogens (primary N) is 1. The van der Waals surface area contributed by atoms with E-state index in [2.05, 4.69) is 11.1 Å². The van der Waals surface area contributed by atoms with Gasteiger partial charge in [0.2, 0.25) is 0 Å². The Morgan fingerprint density at radius 3 is 2.52 bits per heavy atom. The van der Waals surface area contributed by atoms with Gasteiger partial charge in [-0.25, -0.2) is 4.98 Å². The van der Waals surface area contributed by atoms with Crippen molar-refractivity contribution in [2.45, 2.75) is 5.03 Å². The standard InChI is InChI=1S/C17H16N4O3S/c1-23-5-6-25-17-12(9-19)15(11(8-18)16(20)21-17)10-3-4-14(24-2)13(22)7-10/h3-4,7,22H,5-6H2,1-2H3,(H2,20,21). The summed E-state index contributed by atoms with van der Waals surface area (Å²) in [7, 11) is 3.02. The second-order valence-corrected chi connectivity index (χ2v) is 5.96. The first-order valence-corrected chi connectivity index (χ1v) is 8.18. The van der Waals surface area contributed by atoms with E-state index < -0.39 is 0 Å². The molecule has 8 heteroatoms. The van der Waals surface area contributed by atoms with Crippen LogP contribution in [0.1, 0.15) is 11.1 Å². The molecule has 0 amide bonds. The van der Waals surface area contributed by atoms with Gasteiger partial charge in [0.25, 0.3) is 0 Å². The number of hydrogen-bond acceptors (Lipinski definition) is 8. The van der Waals surface area contributed by atoms with E-state index in [4.69, 9.17) is 15.2 Å². The number of anilines is 1. The molecule has 0 aliphatic heterocycles. The van der Waals surface area contributed by atoms with Crippen LogP contribution < -0.4 is 10.5 Å². The van der Waals surface area contributed by atoms with Crippen molar-refractivity contribution in [3.63, 3.8) is 0 Å². The molecule has 0 radical (unpaired) electrons. The van der Waals surface area contributed by atoms with E-state index in [0.29, 0.717) is 28.5 Å². The molecular formula is C17H16N4O3S. The van der Waals surface area contributed by atoms with E-state index >= 15 is 0 Å². The Bertz CT molecular complexity index is 872. The summed E-state index contributed by atoms with van der Waals surface area (Å²) in [6, 6.07) is 8.73. The van der Waals surface area contributed by atoms with Gasteiger partial charge >= 0.3 is 0 Å². The molecule has 0 saturated carbocycles. The van der Waals surface area contributed by atoms with Gasteiger partial charge in [-0.3, -0.25) is 0 Å². The van der Waals surface area contributed by atoms with Gasteiger partial charge in [0.1, 0.15) is 28.5 Å². The van der Waals surface area contributed by atoms with E-state index in [1.807, 2.05) is 6.07 Å². The zero-order valence-electron chi connectivity index (χ0n) is 13.7. The van der Waals surface area contributed by atoms with Crippen molar-refractivity contribution in [1.29, 1.82) is 10.5 Å². The number of benzene rings is 1.